The highest BCUT2D eigenvalue weighted by atomic mass is 32.2. The van der Waals surface area contributed by atoms with Gasteiger partial charge in [0.05, 0.1) is 11.1 Å². The van der Waals surface area contributed by atoms with Gasteiger partial charge in [-0.1, -0.05) is 6.07 Å². The molecule has 1 saturated heterocycles. The minimum Gasteiger partial charge on any atom is -0.335 e. The number of amides is 1. The van der Waals surface area contributed by atoms with Crippen molar-refractivity contribution in [1.82, 2.24) is 9.21 Å². The quantitative estimate of drug-likeness (QED) is 0.836. The number of thiophene rings is 1. The lowest BCUT2D eigenvalue weighted by Crippen LogP contribution is -2.50. The number of carbonyl (C=O) groups is 1. The van der Waals surface area contributed by atoms with Gasteiger partial charge in [0.2, 0.25) is 10.0 Å². The molecule has 8 heteroatoms. The number of sulfonamides is 1. The molecule has 0 atom stereocenters. The largest absolute Gasteiger partial charge is 0.335 e. The SMILES string of the molecule is CS(=O)(=O)N1CCN(C(=O)c2cc3c(F)cccc3s2)CC1. The van der Waals surface area contributed by atoms with Crippen LogP contribution in [0, 0.1) is 5.82 Å². The highest BCUT2D eigenvalue weighted by molar-refractivity contribution is 7.88. The van der Waals surface area contributed by atoms with Crippen molar-refractivity contribution in [3.8, 4) is 0 Å². The molecular formula is C14H15FN2O3S2. The summed E-state index contributed by atoms with van der Waals surface area (Å²) in [7, 11) is -3.22. The average Bonchev–Trinajstić information content (AvgIpc) is 2.91. The van der Waals surface area contributed by atoms with Crippen molar-refractivity contribution in [2.24, 2.45) is 0 Å². The number of hydrogen-bond donors (Lipinski definition) is 0. The second-order valence-corrected chi connectivity index (χ2v) is 8.28. The Hall–Kier alpha value is -1.51. The van der Waals surface area contributed by atoms with Gasteiger partial charge in [-0.3, -0.25) is 4.79 Å². The number of benzene rings is 1. The van der Waals surface area contributed by atoms with E-state index in [-0.39, 0.29) is 11.7 Å². The molecule has 2 aromatic rings. The molecule has 22 heavy (non-hydrogen) atoms. The molecule has 3 rings (SSSR count). The fourth-order valence-electron chi connectivity index (χ4n) is 2.51. The molecule has 118 valence electrons. The van der Waals surface area contributed by atoms with E-state index >= 15 is 0 Å². The Morgan fingerprint density at radius 1 is 1.23 bits per heavy atom. The van der Waals surface area contributed by atoms with Gasteiger partial charge in [-0.15, -0.1) is 11.3 Å². The molecule has 1 aliphatic rings. The number of piperazine rings is 1. The minimum atomic E-state index is -3.22. The fourth-order valence-corrected chi connectivity index (χ4v) is 4.38. The molecule has 1 aromatic carbocycles. The van der Waals surface area contributed by atoms with Crippen LogP contribution in [0.5, 0.6) is 0 Å². The van der Waals surface area contributed by atoms with Crippen molar-refractivity contribution in [2.75, 3.05) is 32.4 Å². The molecule has 0 spiro atoms. The van der Waals surface area contributed by atoms with Crippen LogP contribution in [0.15, 0.2) is 24.3 Å². The van der Waals surface area contributed by atoms with Crippen molar-refractivity contribution in [3.05, 3.63) is 35.0 Å². The zero-order chi connectivity index (χ0) is 15.9. The minimum absolute atomic E-state index is 0.172. The third-order valence-corrected chi connectivity index (χ3v) is 6.11. The van der Waals surface area contributed by atoms with Crippen LogP contribution in [-0.4, -0.2) is 56.0 Å². The van der Waals surface area contributed by atoms with Crippen LogP contribution in [0.1, 0.15) is 9.67 Å². The van der Waals surface area contributed by atoms with E-state index in [2.05, 4.69) is 0 Å². The number of carbonyl (C=O) groups excluding carboxylic acids is 1. The van der Waals surface area contributed by atoms with Crippen LogP contribution in [0.3, 0.4) is 0 Å². The molecule has 0 N–H and O–H groups in total. The highest BCUT2D eigenvalue weighted by Gasteiger charge is 2.27. The Morgan fingerprint density at radius 3 is 2.50 bits per heavy atom. The van der Waals surface area contributed by atoms with Crippen molar-refractivity contribution >= 4 is 37.4 Å². The zero-order valence-electron chi connectivity index (χ0n) is 12.0. The molecule has 0 bridgehead atoms. The van der Waals surface area contributed by atoms with Gasteiger partial charge in [0.25, 0.3) is 5.91 Å². The summed E-state index contributed by atoms with van der Waals surface area (Å²) in [5.41, 5.74) is 0. The lowest BCUT2D eigenvalue weighted by molar-refractivity contribution is 0.0703. The normalized spacial score (nSPS) is 17.1. The third kappa shape index (κ3) is 2.86. The number of nitrogens with zero attached hydrogens (tertiary/aromatic N) is 2. The van der Waals surface area contributed by atoms with E-state index in [1.54, 1.807) is 23.1 Å². The molecule has 1 aliphatic heterocycles. The average molecular weight is 342 g/mol. The maximum atomic E-state index is 13.7. The van der Waals surface area contributed by atoms with E-state index in [1.807, 2.05) is 0 Å². The van der Waals surface area contributed by atoms with Crippen LogP contribution in [0.2, 0.25) is 0 Å². The molecule has 0 aliphatic carbocycles. The van der Waals surface area contributed by atoms with E-state index in [4.69, 9.17) is 0 Å². The Kier molecular flexibility index (Phi) is 3.92. The van der Waals surface area contributed by atoms with E-state index in [9.17, 15) is 17.6 Å². The lowest BCUT2D eigenvalue weighted by atomic mass is 10.2. The van der Waals surface area contributed by atoms with E-state index < -0.39 is 10.0 Å². The van der Waals surface area contributed by atoms with Gasteiger partial charge in [0, 0.05) is 36.3 Å². The van der Waals surface area contributed by atoms with Crippen LogP contribution in [0.25, 0.3) is 10.1 Å². The summed E-state index contributed by atoms with van der Waals surface area (Å²) in [4.78, 5) is 14.6. The number of fused-ring (bicyclic) bond motifs is 1. The predicted molar refractivity (Wildman–Crippen MR) is 84.1 cm³/mol. The molecule has 0 saturated carbocycles. The number of hydrogen-bond acceptors (Lipinski definition) is 4. The Bertz CT molecular complexity index is 824. The maximum absolute atomic E-state index is 13.7. The van der Waals surface area contributed by atoms with Crippen molar-refractivity contribution in [2.45, 2.75) is 0 Å². The molecule has 1 amide bonds. The monoisotopic (exact) mass is 342 g/mol. The molecule has 0 unspecified atom stereocenters. The van der Waals surface area contributed by atoms with Gasteiger partial charge in [0.15, 0.2) is 0 Å². The first-order chi connectivity index (χ1) is 10.4. The fraction of sp³-hybridized carbons (Fsp3) is 0.357. The molecule has 1 aromatic heterocycles. The summed E-state index contributed by atoms with van der Waals surface area (Å²) in [5.74, 6) is -0.511. The van der Waals surface area contributed by atoms with Gasteiger partial charge in [-0.25, -0.2) is 12.8 Å². The van der Waals surface area contributed by atoms with Gasteiger partial charge in [-0.05, 0) is 18.2 Å². The Morgan fingerprint density at radius 2 is 1.91 bits per heavy atom. The topological polar surface area (TPSA) is 57.7 Å². The highest BCUT2D eigenvalue weighted by Crippen LogP contribution is 2.28. The first kappa shape index (κ1) is 15.4. The van der Waals surface area contributed by atoms with Crippen molar-refractivity contribution < 1.29 is 17.6 Å². The molecular weight excluding hydrogens is 327 g/mol. The van der Waals surface area contributed by atoms with Crippen molar-refractivity contribution in [1.29, 1.82) is 0 Å². The van der Waals surface area contributed by atoms with Crippen LogP contribution < -0.4 is 0 Å². The standard InChI is InChI=1S/C14H15FN2O3S2/c1-22(19,20)17-7-5-16(6-8-17)14(18)13-9-10-11(15)3-2-4-12(10)21-13/h2-4,9H,5-8H2,1H3. The zero-order valence-corrected chi connectivity index (χ0v) is 13.6. The van der Waals surface area contributed by atoms with E-state index in [0.29, 0.717) is 36.4 Å². The van der Waals surface area contributed by atoms with Crippen LogP contribution in [0.4, 0.5) is 4.39 Å². The third-order valence-electron chi connectivity index (χ3n) is 3.71. The van der Waals surface area contributed by atoms with Crippen LogP contribution in [-0.2, 0) is 10.0 Å². The first-order valence-corrected chi connectivity index (χ1v) is 9.45. The van der Waals surface area contributed by atoms with E-state index in [1.165, 1.54) is 28.0 Å². The molecule has 1 fully saturated rings. The first-order valence-electron chi connectivity index (χ1n) is 6.79. The molecule has 0 radical (unpaired) electrons. The van der Waals surface area contributed by atoms with Crippen molar-refractivity contribution in [3.63, 3.8) is 0 Å². The van der Waals surface area contributed by atoms with Gasteiger partial charge >= 0.3 is 0 Å². The summed E-state index contributed by atoms with van der Waals surface area (Å²) >= 11 is 1.26. The smallest absolute Gasteiger partial charge is 0.264 e. The molecule has 5 nitrogen and oxygen atoms in total. The van der Waals surface area contributed by atoms with Gasteiger partial charge in [0.1, 0.15) is 5.82 Å². The maximum Gasteiger partial charge on any atom is 0.264 e. The summed E-state index contributed by atoms with van der Waals surface area (Å²) < 4.78 is 38.7. The summed E-state index contributed by atoms with van der Waals surface area (Å²) in [6.07, 6.45) is 1.17. The Labute approximate surface area is 132 Å². The number of halogens is 1. The number of rotatable bonds is 2. The summed E-state index contributed by atoms with van der Waals surface area (Å²) in [6, 6.07) is 6.34. The summed E-state index contributed by atoms with van der Waals surface area (Å²) in [6.45, 7) is 1.29. The predicted octanol–water partition coefficient (Wildman–Crippen LogP) is 1.76. The Balaban J connectivity index is 1.78. The van der Waals surface area contributed by atoms with Gasteiger partial charge < -0.3 is 4.90 Å². The molecule has 2 heterocycles. The van der Waals surface area contributed by atoms with Gasteiger partial charge in [-0.2, -0.15) is 4.31 Å². The second-order valence-electron chi connectivity index (χ2n) is 5.22. The summed E-state index contributed by atoms with van der Waals surface area (Å²) in [5, 5.41) is 0.450. The second kappa shape index (κ2) is 5.60. The van der Waals surface area contributed by atoms with Crippen LogP contribution >= 0.6 is 11.3 Å². The van der Waals surface area contributed by atoms with E-state index in [0.717, 1.165) is 4.70 Å². The lowest BCUT2D eigenvalue weighted by Gasteiger charge is -2.32.